The van der Waals surface area contributed by atoms with Gasteiger partial charge in [-0.1, -0.05) is 23.8 Å². The molecule has 1 aromatic heterocycles. The van der Waals surface area contributed by atoms with Crippen LogP contribution in [0.5, 0.6) is 0 Å². The molecule has 0 aliphatic carbocycles. The number of sulfone groups is 1. The molecule has 0 fully saturated rings. The second-order valence-corrected chi connectivity index (χ2v) is 7.51. The van der Waals surface area contributed by atoms with Crippen molar-refractivity contribution in [3.63, 3.8) is 0 Å². The molecule has 0 aliphatic rings. The third-order valence-corrected chi connectivity index (χ3v) is 5.36. The number of aromatic nitrogens is 1. The fourth-order valence-corrected chi connectivity index (χ4v) is 3.59. The number of nitrogens with zero attached hydrogens (tertiary/aromatic N) is 1. The second kappa shape index (κ2) is 7.13. The lowest BCUT2D eigenvalue weighted by Gasteiger charge is -2.04. The van der Waals surface area contributed by atoms with Gasteiger partial charge in [0.1, 0.15) is 5.82 Å². The van der Waals surface area contributed by atoms with E-state index in [-0.39, 0.29) is 21.7 Å². The average molecular weight is 372 g/mol. The van der Waals surface area contributed by atoms with Gasteiger partial charge in [-0.3, -0.25) is 0 Å². The zero-order chi connectivity index (χ0) is 18.7. The second-order valence-electron chi connectivity index (χ2n) is 5.65. The molecule has 1 N–H and O–H groups in total. The molecule has 2 aromatic carbocycles. The first-order valence-corrected chi connectivity index (χ1v) is 9.33. The molecule has 0 saturated carbocycles. The molecule has 0 unspecified atom stereocenters. The Morgan fingerprint density at radius 2 is 1.81 bits per heavy atom. The van der Waals surface area contributed by atoms with E-state index in [2.05, 4.69) is 16.9 Å². The van der Waals surface area contributed by atoms with E-state index in [1.54, 1.807) is 18.2 Å². The summed E-state index contributed by atoms with van der Waals surface area (Å²) in [5.74, 6) is -0.301. The number of halogens is 1. The van der Waals surface area contributed by atoms with Crippen LogP contribution >= 0.6 is 0 Å². The zero-order valence-electron chi connectivity index (χ0n) is 14.1. The molecule has 0 aliphatic heterocycles. The fraction of sp³-hybridized carbons (Fsp3) is 0.105. The minimum atomic E-state index is -3.89. The predicted octanol–water partition coefficient (Wildman–Crippen LogP) is 4.22. The highest BCUT2D eigenvalue weighted by Gasteiger charge is 2.28. The number of anilines is 1. The number of nitrogens with one attached hydrogen (secondary N) is 1. The summed E-state index contributed by atoms with van der Waals surface area (Å²) in [7, 11) is -3.89. The van der Waals surface area contributed by atoms with Crippen LogP contribution < -0.4 is 5.32 Å². The summed E-state index contributed by atoms with van der Waals surface area (Å²) in [6.45, 7) is 5.77. The molecule has 0 radical (unpaired) electrons. The number of hydrogen-bond donors (Lipinski definition) is 1. The van der Waals surface area contributed by atoms with Crippen molar-refractivity contribution in [1.29, 1.82) is 0 Å². The Bertz CT molecular complexity index is 1020. The van der Waals surface area contributed by atoms with Gasteiger partial charge >= 0.3 is 0 Å². The molecular formula is C19H17FN2O3S. The summed E-state index contributed by atoms with van der Waals surface area (Å²) in [6.07, 6.45) is 1.57. The van der Waals surface area contributed by atoms with E-state index in [9.17, 15) is 12.8 Å². The first-order valence-electron chi connectivity index (χ1n) is 7.85. The van der Waals surface area contributed by atoms with E-state index in [0.717, 1.165) is 5.56 Å². The maximum atomic E-state index is 13.1. The van der Waals surface area contributed by atoms with Crippen molar-refractivity contribution in [1.82, 2.24) is 4.98 Å². The van der Waals surface area contributed by atoms with Crippen LogP contribution in [0.15, 0.2) is 75.5 Å². The van der Waals surface area contributed by atoms with Gasteiger partial charge < -0.3 is 9.73 Å². The molecule has 0 atom stereocenters. The van der Waals surface area contributed by atoms with Crippen molar-refractivity contribution in [3.05, 3.63) is 72.6 Å². The maximum absolute atomic E-state index is 13.1. The quantitative estimate of drug-likeness (QED) is 0.656. The fourth-order valence-electron chi connectivity index (χ4n) is 2.31. The molecule has 0 bridgehead atoms. The molecule has 3 aromatic rings. The van der Waals surface area contributed by atoms with Crippen LogP contribution in [0.2, 0.25) is 0 Å². The van der Waals surface area contributed by atoms with E-state index in [4.69, 9.17) is 4.42 Å². The minimum Gasteiger partial charge on any atom is -0.419 e. The molecule has 0 amide bonds. The van der Waals surface area contributed by atoms with Crippen LogP contribution in [-0.4, -0.2) is 19.9 Å². The minimum absolute atomic E-state index is 0.0183. The van der Waals surface area contributed by atoms with Crippen LogP contribution in [0, 0.1) is 12.7 Å². The Morgan fingerprint density at radius 3 is 2.42 bits per heavy atom. The topological polar surface area (TPSA) is 72.2 Å². The van der Waals surface area contributed by atoms with Crippen molar-refractivity contribution < 1.29 is 17.2 Å². The normalized spacial score (nSPS) is 11.3. The van der Waals surface area contributed by atoms with Crippen molar-refractivity contribution in [3.8, 4) is 11.5 Å². The van der Waals surface area contributed by atoms with Gasteiger partial charge in [0.05, 0.1) is 4.90 Å². The molecule has 26 heavy (non-hydrogen) atoms. The van der Waals surface area contributed by atoms with E-state index >= 15 is 0 Å². The van der Waals surface area contributed by atoms with Gasteiger partial charge in [-0.25, -0.2) is 12.8 Å². The van der Waals surface area contributed by atoms with Crippen LogP contribution in [0.1, 0.15) is 5.56 Å². The molecule has 0 spiro atoms. The summed E-state index contributed by atoms with van der Waals surface area (Å²) in [6, 6.07) is 11.9. The van der Waals surface area contributed by atoms with Gasteiger partial charge in [0.25, 0.3) is 0 Å². The standard InChI is InChI=1S/C19H17FN2O3S/c1-3-12-21-18-19(26(23,24)16-10-4-13(2)5-11-16)22-17(25-18)14-6-8-15(20)9-7-14/h3-11,21H,1,12H2,2H3. The number of hydrogen-bond acceptors (Lipinski definition) is 5. The monoisotopic (exact) mass is 372 g/mol. The smallest absolute Gasteiger partial charge is 0.234 e. The highest BCUT2D eigenvalue weighted by molar-refractivity contribution is 7.91. The number of rotatable bonds is 6. The molecule has 5 nitrogen and oxygen atoms in total. The third-order valence-electron chi connectivity index (χ3n) is 3.68. The van der Waals surface area contributed by atoms with E-state index in [1.165, 1.54) is 36.4 Å². The first kappa shape index (κ1) is 17.9. The van der Waals surface area contributed by atoms with Crippen molar-refractivity contribution in [2.75, 3.05) is 11.9 Å². The SMILES string of the molecule is C=CCNc1oc(-c2ccc(F)cc2)nc1S(=O)(=O)c1ccc(C)cc1. The van der Waals surface area contributed by atoms with Crippen LogP contribution in [-0.2, 0) is 9.84 Å². The van der Waals surface area contributed by atoms with Crippen molar-refractivity contribution in [2.24, 2.45) is 0 Å². The molecule has 1 heterocycles. The van der Waals surface area contributed by atoms with Crippen molar-refractivity contribution in [2.45, 2.75) is 16.8 Å². The molecule has 3 rings (SSSR count). The Kier molecular flexibility index (Phi) is 4.90. The third kappa shape index (κ3) is 3.52. The molecular weight excluding hydrogens is 355 g/mol. The first-order chi connectivity index (χ1) is 12.4. The summed E-state index contributed by atoms with van der Waals surface area (Å²) < 4.78 is 44.7. The molecule has 7 heteroatoms. The van der Waals surface area contributed by atoms with E-state index in [1.807, 2.05) is 6.92 Å². The highest BCUT2D eigenvalue weighted by Crippen LogP contribution is 2.32. The Hall–Kier alpha value is -2.93. The van der Waals surface area contributed by atoms with Crippen LogP contribution in [0.4, 0.5) is 10.3 Å². The highest BCUT2D eigenvalue weighted by atomic mass is 32.2. The van der Waals surface area contributed by atoms with E-state index in [0.29, 0.717) is 12.1 Å². The summed E-state index contributed by atoms with van der Waals surface area (Å²) in [5.41, 5.74) is 1.42. The van der Waals surface area contributed by atoms with Gasteiger partial charge in [-0.05, 0) is 43.3 Å². The van der Waals surface area contributed by atoms with Crippen LogP contribution in [0.25, 0.3) is 11.5 Å². The Morgan fingerprint density at radius 1 is 1.15 bits per heavy atom. The summed E-state index contributed by atoms with van der Waals surface area (Å²) in [4.78, 5) is 4.27. The molecule has 0 saturated heterocycles. The van der Waals surface area contributed by atoms with Gasteiger partial charge in [0.15, 0.2) is 0 Å². The Balaban J connectivity index is 2.10. The number of benzene rings is 2. The van der Waals surface area contributed by atoms with Gasteiger partial charge in [-0.15, -0.1) is 6.58 Å². The zero-order valence-corrected chi connectivity index (χ0v) is 14.9. The van der Waals surface area contributed by atoms with Gasteiger partial charge in [0, 0.05) is 12.1 Å². The van der Waals surface area contributed by atoms with Gasteiger partial charge in [-0.2, -0.15) is 4.98 Å². The lowest BCUT2D eigenvalue weighted by Crippen LogP contribution is -2.07. The lowest BCUT2D eigenvalue weighted by molar-refractivity contribution is 0.578. The summed E-state index contributed by atoms with van der Waals surface area (Å²) >= 11 is 0. The summed E-state index contributed by atoms with van der Waals surface area (Å²) in [5, 5.41) is 2.63. The maximum Gasteiger partial charge on any atom is 0.234 e. The number of aryl methyl sites for hydroxylation is 1. The number of oxazole rings is 1. The lowest BCUT2D eigenvalue weighted by atomic mass is 10.2. The van der Waals surface area contributed by atoms with Crippen molar-refractivity contribution >= 4 is 15.7 Å². The molecule has 134 valence electrons. The predicted molar refractivity (Wildman–Crippen MR) is 97.2 cm³/mol. The van der Waals surface area contributed by atoms with Crippen LogP contribution in [0.3, 0.4) is 0 Å². The van der Waals surface area contributed by atoms with E-state index < -0.39 is 15.7 Å². The average Bonchev–Trinajstić information content (AvgIpc) is 3.06. The largest absolute Gasteiger partial charge is 0.419 e. The Labute approximate surface area is 151 Å². The van der Waals surface area contributed by atoms with Gasteiger partial charge in [0.2, 0.25) is 26.6 Å².